The van der Waals surface area contributed by atoms with Crippen LogP contribution >= 0.6 is 0 Å². The Morgan fingerprint density at radius 2 is 1.92 bits per heavy atom. The van der Waals surface area contributed by atoms with E-state index < -0.39 is 6.10 Å². The third-order valence-electron chi connectivity index (χ3n) is 4.91. The summed E-state index contributed by atoms with van der Waals surface area (Å²) in [6.07, 6.45) is 0.669. The molecule has 0 spiro atoms. The first-order chi connectivity index (χ1) is 11.3. The topological polar surface area (TPSA) is 50.8 Å². The van der Waals surface area contributed by atoms with Crippen molar-refractivity contribution in [1.82, 2.24) is 10.2 Å². The number of carbonyl (C=O) groups is 1. The lowest BCUT2D eigenvalue weighted by Crippen LogP contribution is -2.59. The number of nitrogens with zero attached hydrogens (tertiary/aromatic N) is 1. The van der Waals surface area contributed by atoms with E-state index >= 15 is 0 Å². The van der Waals surface area contributed by atoms with Crippen LogP contribution in [0.3, 0.4) is 0 Å². The van der Waals surface area contributed by atoms with Crippen LogP contribution in [0.15, 0.2) is 24.3 Å². The Morgan fingerprint density at radius 1 is 1.25 bits per heavy atom. The lowest BCUT2D eigenvalue weighted by atomic mass is 10.00. The molecular weight excluding hydrogens is 304 g/mol. The molecule has 132 valence electrons. The van der Waals surface area contributed by atoms with E-state index in [1.165, 1.54) is 0 Å². The number of nitrogens with one attached hydrogen (secondary N) is 1. The number of hydrogen-bond donors (Lipinski definition) is 1. The van der Waals surface area contributed by atoms with Gasteiger partial charge in [-0.25, -0.2) is 0 Å². The third kappa shape index (κ3) is 3.73. The highest BCUT2D eigenvalue weighted by atomic mass is 16.5. The summed E-state index contributed by atoms with van der Waals surface area (Å²) in [6.45, 7) is 10.9. The zero-order valence-corrected chi connectivity index (χ0v) is 15.0. The molecule has 5 heteroatoms. The summed E-state index contributed by atoms with van der Waals surface area (Å²) in [7, 11) is 0. The average molecular weight is 332 g/mol. The molecule has 0 aliphatic carbocycles. The van der Waals surface area contributed by atoms with Crippen LogP contribution in [0.4, 0.5) is 0 Å². The number of hydrogen-bond acceptors (Lipinski definition) is 4. The molecular formula is C19H28N2O3. The number of carbonyl (C=O) groups excluding carboxylic acids is 1. The van der Waals surface area contributed by atoms with E-state index in [4.69, 9.17) is 9.47 Å². The second kappa shape index (κ2) is 6.73. The van der Waals surface area contributed by atoms with E-state index in [-0.39, 0.29) is 23.7 Å². The number of ether oxygens (including phenoxy) is 2. The van der Waals surface area contributed by atoms with E-state index in [1.54, 1.807) is 0 Å². The van der Waals surface area contributed by atoms with Crippen molar-refractivity contribution in [1.29, 1.82) is 0 Å². The molecule has 0 aromatic heterocycles. The average Bonchev–Trinajstić information content (AvgIpc) is 2.96. The van der Waals surface area contributed by atoms with Crippen LogP contribution in [0.2, 0.25) is 0 Å². The van der Waals surface area contributed by atoms with Gasteiger partial charge in [-0.2, -0.15) is 0 Å². The molecule has 0 saturated carbocycles. The summed E-state index contributed by atoms with van der Waals surface area (Å²) >= 11 is 0. The van der Waals surface area contributed by atoms with Gasteiger partial charge in [0.05, 0.1) is 12.2 Å². The monoisotopic (exact) mass is 332 g/mol. The Kier molecular flexibility index (Phi) is 4.83. The first-order valence-corrected chi connectivity index (χ1v) is 8.78. The predicted molar refractivity (Wildman–Crippen MR) is 93.2 cm³/mol. The molecule has 1 amide bonds. The fourth-order valence-corrected chi connectivity index (χ4v) is 3.53. The summed E-state index contributed by atoms with van der Waals surface area (Å²) in [5.74, 6) is 0.793. The molecule has 0 bridgehead atoms. The van der Waals surface area contributed by atoms with Crippen molar-refractivity contribution < 1.29 is 14.3 Å². The van der Waals surface area contributed by atoms with Crippen LogP contribution in [-0.2, 0) is 16.0 Å². The Bertz CT molecular complexity index is 567. The smallest absolute Gasteiger partial charge is 0.261 e. The molecule has 24 heavy (non-hydrogen) atoms. The van der Waals surface area contributed by atoms with Gasteiger partial charge in [-0.05, 0) is 39.3 Å². The standard InChI is InChI=1S/C19H28N2O3/c1-13-10-21(11-14(2)23-13)19(3,4)12-20-18(22)17-9-15-7-5-6-8-16(15)24-17/h5-8,13-14,17H,9-12H2,1-4H3,(H,20,22)/t13-,14-,17+/m1/s1. The summed E-state index contributed by atoms with van der Waals surface area (Å²) in [4.78, 5) is 14.9. The van der Waals surface area contributed by atoms with Crippen molar-refractivity contribution in [2.75, 3.05) is 19.6 Å². The highest BCUT2D eigenvalue weighted by molar-refractivity contribution is 5.82. The zero-order chi connectivity index (χ0) is 17.3. The highest BCUT2D eigenvalue weighted by Crippen LogP contribution is 2.28. The lowest BCUT2D eigenvalue weighted by Gasteiger charge is -2.45. The van der Waals surface area contributed by atoms with E-state index in [9.17, 15) is 4.79 Å². The van der Waals surface area contributed by atoms with Crippen LogP contribution < -0.4 is 10.1 Å². The molecule has 2 aliphatic rings. The minimum Gasteiger partial charge on any atom is -0.480 e. The number of amides is 1. The molecule has 1 saturated heterocycles. The minimum atomic E-state index is -0.416. The van der Waals surface area contributed by atoms with Gasteiger partial charge in [-0.1, -0.05) is 18.2 Å². The van der Waals surface area contributed by atoms with Gasteiger partial charge in [0, 0.05) is 31.6 Å². The normalized spacial score (nSPS) is 27.4. The Labute approximate surface area is 144 Å². The number of benzene rings is 1. The number of fused-ring (bicyclic) bond motifs is 1. The Hall–Kier alpha value is -1.59. The van der Waals surface area contributed by atoms with Crippen molar-refractivity contribution in [2.45, 2.75) is 58.0 Å². The van der Waals surface area contributed by atoms with Crippen LogP contribution in [0.5, 0.6) is 5.75 Å². The van der Waals surface area contributed by atoms with Crippen molar-refractivity contribution in [2.24, 2.45) is 0 Å². The second-order valence-corrected chi connectivity index (χ2v) is 7.61. The van der Waals surface area contributed by atoms with Gasteiger partial charge in [-0.15, -0.1) is 0 Å². The van der Waals surface area contributed by atoms with Crippen LogP contribution in [0, 0.1) is 0 Å². The van der Waals surface area contributed by atoms with Gasteiger partial charge in [-0.3, -0.25) is 9.69 Å². The van der Waals surface area contributed by atoms with E-state index in [0.717, 1.165) is 24.4 Å². The first-order valence-electron chi connectivity index (χ1n) is 8.78. The SMILES string of the molecule is C[C@@H]1CN(C(C)(C)CNC(=O)[C@@H]2Cc3ccccc3O2)C[C@@H](C)O1. The van der Waals surface area contributed by atoms with Crippen molar-refractivity contribution in [3.63, 3.8) is 0 Å². The lowest BCUT2D eigenvalue weighted by molar-refractivity contribution is -0.128. The second-order valence-electron chi connectivity index (χ2n) is 7.61. The van der Waals surface area contributed by atoms with Crippen LogP contribution in [-0.4, -0.2) is 54.3 Å². The predicted octanol–water partition coefficient (Wildman–Crippen LogP) is 1.99. The van der Waals surface area contributed by atoms with Crippen molar-refractivity contribution in [3.8, 4) is 5.75 Å². The molecule has 1 N–H and O–H groups in total. The van der Waals surface area contributed by atoms with Gasteiger partial charge in [0.15, 0.2) is 6.10 Å². The highest BCUT2D eigenvalue weighted by Gasteiger charge is 2.35. The summed E-state index contributed by atoms with van der Waals surface area (Å²) in [5, 5.41) is 3.08. The maximum absolute atomic E-state index is 12.5. The quantitative estimate of drug-likeness (QED) is 0.916. The van der Waals surface area contributed by atoms with E-state index in [1.807, 2.05) is 24.3 Å². The Morgan fingerprint density at radius 3 is 2.58 bits per heavy atom. The fraction of sp³-hybridized carbons (Fsp3) is 0.632. The number of rotatable bonds is 4. The molecule has 3 atom stereocenters. The molecule has 2 heterocycles. The number of para-hydroxylation sites is 1. The van der Waals surface area contributed by atoms with Crippen molar-refractivity contribution >= 4 is 5.91 Å². The van der Waals surface area contributed by atoms with Gasteiger partial charge >= 0.3 is 0 Å². The molecule has 0 unspecified atom stereocenters. The largest absolute Gasteiger partial charge is 0.480 e. The number of morpholine rings is 1. The molecule has 2 aliphatic heterocycles. The van der Waals surface area contributed by atoms with E-state index in [0.29, 0.717) is 13.0 Å². The van der Waals surface area contributed by atoms with Gasteiger partial charge in [0.1, 0.15) is 5.75 Å². The molecule has 5 nitrogen and oxygen atoms in total. The van der Waals surface area contributed by atoms with Crippen LogP contribution in [0.1, 0.15) is 33.3 Å². The van der Waals surface area contributed by atoms with Gasteiger partial charge < -0.3 is 14.8 Å². The minimum absolute atomic E-state index is 0.0337. The Balaban J connectivity index is 1.54. The summed E-state index contributed by atoms with van der Waals surface area (Å²) < 4.78 is 11.6. The molecule has 1 aromatic rings. The first kappa shape index (κ1) is 17.2. The molecule has 1 aromatic carbocycles. The summed E-state index contributed by atoms with van der Waals surface area (Å²) in [5.41, 5.74) is 0.987. The third-order valence-corrected chi connectivity index (χ3v) is 4.91. The summed E-state index contributed by atoms with van der Waals surface area (Å²) in [6, 6.07) is 7.85. The van der Waals surface area contributed by atoms with Crippen molar-refractivity contribution in [3.05, 3.63) is 29.8 Å². The maximum Gasteiger partial charge on any atom is 0.261 e. The molecule has 0 radical (unpaired) electrons. The zero-order valence-electron chi connectivity index (χ0n) is 15.0. The van der Waals surface area contributed by atoms with Crippen LogP contribution in [0.25, 0.3) is 0 Å². The maximum atomic E-state index is 12.5. The van der Waals surface area contributed by atoms with Gasteiger partial charge in [0.2, 0.25) is 0 Å². The fourth-order valence-electron chi connectivity index (χ4n) is 3.53. The van der Waals surface area contributed by atoms with E-state index in [2.05, 4.69) is 37.9 Å². The molecule has 1 fully saturated rings. The van der Waals surface area contributed by atoms with Gasteiger partial charge in [0.25, 0.3) is 5.91 Å². The molecule has 3 rings (SSSR count).